The lowest BCUT2D eigenvalue weighted by molar-refractivity contribution is -0.170. The molecule has 136 valence electrons. The molecule has 0 spiro atoms. The van der Waals surface area contributed by atoms with E-state index < -0.39 is 11.7 Å². The lowest BCUT2D eigenvalue weighted by Crippen LogP contribution is -2.58. The van der Waals surface area contributed by atoms with E-state index in [1.54, 1.807) is 6.92 Å². The van der Waals surface area contributed by atoms with E-state index in [-0.39, 0.29) is 16.9 Å². The lowest BCUT2D eigenvalue weighted by atomic mass is 9.46. The van der Waals surface area contributed by atoms with Crippen LogP contribution >= 0.6 is 0 Å². The summed E-state index contributed by atoms with van der Waals surface area (Å²) < 4.78 is 0. The van der Waals surface area contributed by atoms with Gasteiger partial charge in [0.05, 0.1) is 17.8 Å². The predicted octanol–water partition coefficient (Wildman–Crippen LogP) is 3.42. The Bertz CT molecular complexity index is 555. The maximum atomic E-state index is 11.2. The summed E-state index contributed by atoms with van der Waals surface area (Å²) in [7, 11) is 0. The Labute approximate surface area is 146 Å². The van der Waals surface area contributed by atoms with Gasteiger partial charge in [0.1, 0.15) is 0 Å². The highest BCUT2D eigenvalue weighted by atomic mass is 16.3. The fraction of sp³-hybridized carbons (Fsp3) is 0.905. The van der Waals surface area contributed by atoms with Gasteiger partial charge in [0.2, 0.25) is 0 Å². The van der Waals surface area contributed by atoms with Crippen LogP contribution in [0.4, 0.5) is 0 Å². The minimum atomic E-state index is -0.920. The number of hydrogen-bond donors (Lipinski definition) is 3. The molecule has 0 heterocycles. The van der Waals surface area contributed by atoms with Crippen molar-refractivity contribution in [1.82, 2.24) is 0 Å². The van der Waals surface area contributed by atoms with Crippen LogP contribution in [0.5, 0.6) is 0 Å². The highest BCUT2D eigenvalue weighted by Gasteiger charge is 2.64. The van der Waals surface area contributed by atoms with E-state index in [0.29, 0.717) is 17.8 Å². The largest absolute Gasteiger partial charge is 0.393 e. The van der Waals surface area contributed by atoms with Crippen LogP contribution in [-0.4, -0.2) is 33.1 Å². The molecule has 0 aliphatic heterocycles. The molecular weight excluding hydrogens is 300 g/mol. The molecule has 0 radical (unpaired) electrons. The number of aliphatic hydroxyl groups is 3. The second-order valence-corrected chi connectivity index (χ2v) is 9.75. The quantitative estimate of drug-likeness (QED) is 0.644. The molecule has 4 aliphatic rings. The van der Waals surface area contributed by atoms with E-state index in [4.69, 9.17) is 0 Å². The fourth-order valence-corrected chi connectivity index (χ4v) is 7.38. The molecule has 8 atom stereocenters. The third-order valence-corrected chi connectivity index (χ3v) is 8.98. The third kappa shape index (κ3) is 2.01. The number of allylic oxidation sites excluding steroid dienone is 1. The molecule has 3 heteroatoms. The molecule has 0 aromatic carbocycles. The van der Waals surface area contributed by atoms with Gasteiger partial charge in [-0.3, -0.25) is 0 Å². The Kier molecular flexibility index (Phi) is 3.77. The lowest BCUT2D eigenvalue weighted by Gasteiger charge is -2.59. The Balaban J connectivity index is 1.68. The first-order valence-electron chi connectivity index (χ1n) is 10.0. The zero-order valence-corrected chi connectivity index (χ0v) is 15.5. The first-order valence-corrected chi connectivity index (χ1v) is 10.0. The van der Waals surface area contributed by atoms with Gasteiger partial charge in [0, 0.05) is 5.41 Å². The maximum absolute atomic E-state index is 11.2. The first kappa shape index (κ1) is 17.1. The average molecular weight is 335 g/mol. The van der Waals surface area contributed by atoms with Gasteiger partial charge in [-0.05, 0) is 81.5 Å². The van der Waals surface area contributed by atoms with Crippen molar-refractivity contribution in [3.05, 3.63) is 11.6 Å². The second kappa shape index (κ2) is 5.31. The van der Waals surface area contributed by atoms with Crippen LogP contribution in [0.2, 0.25) is 0 Å². The van der Waals surface area contributed by atoms with Crippen molar-refractivity contribution >= 4 is 0 Å². The molecular formula is C21H34O3. The Morgan fingerprint density at radius 2 is 1.79 bits per heavy atom. The van der Waals surface area contributed by atoms with Gasteiger partial charge in [0.25, 0.3) is 0 Å². The Hall–Kier alpha value is -0.380. The first-order chi connectivity index (χ1) is 11.2. The molecule has 0 aromatic rings. The molecule has 0 bridgehead atoms. The van der Waals surface area contributed by atoms with Gasteiger partial charge in [0.15, 0.2) is 0 Å². The smallest absolute Gasteiger partial charge is 0.0958 e. The molecule has 3 fully saturated rings. The van der Waals surface area contributed by atoms with E-state index in [2.05, 4.69) is 19.9 Å². The number of rotatable bonds is 1. The van der Waals surface area contributed by atoms with Gasteiger partial charge in [-0.25, -0.2) is 0 Å². The fourth-order valence-electron chi connectivity index (χ4n) is 7.38. The summed E-state index contributed by atoms with van der Waals surface area (Å²) in [5, 5.41) is 31.6. The summed E-state index contributed by atoms with van der Waals surface area (Å²) in [5.74, 6) is 1.82. The predicted molar refractivity (Wildman–Crippen MR) is 94.3 cm³/mol. The average Bonchev–Trinajstić information content (AvgIpc) is 2.81. The highest BCUT2D eigenvalue weighted by Crippen LogP contribution is 2.67. The number of fused-ring (bicyclic) bond motifs is 5. The van der Waals surface area contributed by atoms with Crippen LogP contribution in [0.25, 0.3) is 0 Å². The monoisotopic (exact) mass is 334 g/mol. The SMILES string of the molecule is C[C@@H](O)[C@]1(O)CC[C@@H]2[C@H]3CC=C4C[C@@H](O)CC[C@]4(C)[C@@H]3CC[C@]21C. The molecule has 0 saturated heterocycles. The van der Waals surface area contributed by atoms with Crippen LogP contribution in [0.1, 0.15) is 72.1 Å². The van der Waals surface area contributed by atoms with Crippen molar-refractivity contribution in [3.8, 4) is 0 Å². The molecule has 4 aliphatic carbocycles. The molecule has 0 aromatic heterocycles. The van der Waals surface area contributed by atoms with Crippen molar-refractivity contribution in [3.63, 3.8) is 0 Å². The van der Waals surface area contributed by atoms with Crippen molar-refractivity contribution in [2.75, 3.05) is 0 Å². The number of hydrogen-bond acceptors (Lipinski definition) is 3. The molecule has 3 saturated carbocycles. The zero-order valence-electron chi connectivity index (χ0n) is 15.5. The minimum Gasteiger partial charge on any atom is -0.393 e. The molecule has 0 amide bonds. The van der Waals surface area contributed by atoms with Crippen molar-refractivity contribution in [2.45, 2.75) is 89.9 Å². The van der Waals surface area contributed by atoms with E-state index in [1.165, 1.54) is 5.57 Å². The van der Waals surface area contributed by atoms with Crippen molar-refractivity contribution < 1.29 is 15.3 Å². The Morgan fingerprint density at radius 3 is 2.50 bits per heavy atom. The standard InChI is InChI=1S/C21H34O3/c1-13(22)21(24)11-8-18-16-5-4-14-12-15(23)6-9-19(14,2)17(16)7-10-20(18,21)3/h4,13,15-18,22-24H,5-12H2,1-3H3/t13-,15+,16+,17-,18-,19+,20-,21-/m1/s1. The van der Waals surface area contributed by atoms with E-state index >= 15 is 0 Å². The Morgan fingerprint density at radius 1 is 1.08 bits per heavy atom. The maximum Gasteiger partial charge on any atom is 0.0958 e. The molecule has 4 rings (SSSR count). The van der Waals surface area contributed by atoms with Crippen molar-refractivity contribution in [1.29, 1.82) is 0 Å². The summed E-state index contributed by atoms with van der Waals surface area (Å²) in [5.41, 5.74) is 0.665. The summed E-state index contributed by atoms with van der Waals surface area (Å²) in [6, 6.07) is 0. The summed E-state index contributed by atoms with van der Waals surface area (Å²) in [6.45, 7) is 6.43. The van der Waals surface area contributed by atoms with E-state index in [1.807, 2.05) is 0 Å². The van der Waals surface area contributed by atoms with E-state index in [9.17, 15) is 15.3 Å². The van der Waals surface area contributed by atoms with Crippen LogP contribution in [0.15, 0.2) is 11.6 Å². The van der Waals surface area contributed by atoms with Crippen LogP contribution < -0.4 is 0 Å². The summed E-state index contributed by atoms with van der Waals surface area (Å²) in [4.78, 5) is 0. The second-order valence-electron chi connectivity index (χ2n) is 9.75. The molecule has 3 nitrogen and oxygen atoms in total. The summed E-state index contributed by atoms with van der Waals surface area (Å²) in [6.07, 6.45) is 9.56. The zero-order chi connectivity index (χ0) is 17.3. The van der Waals surface area contributed by atoms with Gasteiger partial charge in [-0.1, -0.05) is 25.5 Å². The van der Waals surface area contributed by atoms with Gasteiger partial charge < -0.3 is 15.3 Å². The third-order valence-electron chi connectivity index (χ3n) is 8.98. The normalized spacial score (nSPS) is 55.2. The molecule has 3 N–H and O–H groups in total. The van der Waals surface area contributed by atoms with Crippen molar-refractivity contribution in [2.24, 2.45) is 28.6 Å². The highest BCUT2D eigenvalue weighted by molar-refractivity contribution is 5.26. The minimum absolute atomic E-state index is 0.151. The van der Waals surface area contributed by atoms with Crippen LogP contribution in [0, 0.1) is 28.6 Å². The molecule has 0 unspecified atom stereocenters. The van der Waals surface area contributed by atoms with Gasteiger partial charge in [-0.15, -0.1) is 0 Å². The van der Waals surface area contributed by atoms with Gasteiger partial charge >= 0.3 is 0 Å². The van der Waals surface area contributed by atoms with Crippen LogP contribution in [0.3, 0.4) is 0 Å². The summed E-state index contributed by atoms with van der Waals surface area (Å²) >= 11 is 0. The van der Waals surface area contributed by atoms with Gasteiger partial charge in [-0.2, -0.15) is 0 Å². The molecule has 24 heavy (non-hydrogen) atoms. The topological polar surface area (TPSA) is 60.7 Å². The van der Waals surface area contributed by atoms with E-state index in [0.717, 1.165) is 51.4 Å². The van der Waals surface area contributed by atoms with Crippen LogP contribution in [-0.2, 0) is 0 Å². The number of aliphatic hydroxyl groups excluding tert-OH is 2.